The van der Waals surface area contributed by atoms with Crippen molar-refractivity contribution in [3.05, 3.63) is 11.4 Å². The Balaban J connectivity index is 2.08. The van der Waals surface area contributed by atoms with Crippen molar-refractivity contribution in [2.45, 2.75) is 32.2 Å². The molecule has 1 saturated heterocycles. The summed E-state index contributed by atoms with van der Waals surface area (Å²) in [6, 6.07) is -0.106. The third-order valence-corrected chi connectivity index (χ3v) is 3.85. The number of nitrogens with zero attached hydrogens (tertiary/aromatic N) is 4. The van der Waals surface area contributed by atoms with E-state index in [0.29, 0.717) is 0 Å². The molecule has 2 aliphatic rings. The Labute approximate surface area is 108 Å². The zero-order chi connectivity index (χ0) is 12.7. The number of nitrogens with two attached hydrogens (primary N) is 1. The predicted molar refractivity (Wildman–Crippen MR) is 73.1 cm³/mol. The Hall–Kier alpha value is -1.36. The van der Waals surface area contributed by atoms with E-state index in [1.807, 2.05) is 6.92 Å². The van der Waals surface area contributed by atoms with E-state index in [1.165, 1.54) is 18.4 Å². The van der Waals surface area contributed by atoms with E-state index in [2.05, 4.69) is 21.8 Å². The molecule has 1 aromatic rings. The molecule has 0 bridgehead atoms. The van der Waals surface area contributed by atoms with Crippen LogP contribution in [0.4, 0.5) is 11.6 Å². The number of rotatable bonds is 2. The Morgan fingerprint density at radius 3 is 2.44 bits per heavy atom. The molecule has 98 valence electrons. The summed E-state index contributed by atoms with van der Waals surface area (Å²) in [5.41, 5.74) is 7.27. The summed E-state index contributed by atoms with van der Waals surface area (Å²) < 4.78 is 0. The summed E-state index contributed by atoms with van der Waals surface area (Å²) in [5.74, 6) is 2.98. The molecule has 2 N–H and O–H groups in total. The first kappa shape index (κ1) is 11.7. The minimum absolute atomic E-state index is 0.106. The van der Waals surface area contributed by atoms with Crippen LogP contribution in [-0.2, 0) is 6.42 Å². The van der Waals surface area contributed by atoms with Crippen molar-refractivity contribution in [3.63, 3.8) is 0 Å². The van der Waals surface area contributed by atoms with E-state index in [-0.39, 0.29) is 6.04 Å². The molecule has 5 nitrogen and oxygen atoms in total. The molecule has 0 radical (unpaired) electrons. The van der Waals surface area contributed by atoms with E-state index >= 15 is 0 Å². The molecular weight excluding hydrogens is 226 g/mol. The van der Waals surface area contributed by atoms with Gasteiger partial charge >= 0.3 is 0 Å². The Kier molecular flexibility index (Phi) is 2.86. The first-order valence-electron chi connectivity index (χ1n) is 6.79. The fourth-order valence-corrected chi connectivity index (χ4v) is 2.80. The van der Waals surface area contributed by atoms with Crippen molar-refractivity contribution < 1.29 is 0 Å². The van der Waals surface area contributed by atoms with Crippen LogP contribution < -0.4 is 15.5 Å². The lowest BCUT2D eigenvalue weighted by Gasteiger charge is -2.21. The molecular formula is C13H21N5. The van der Waals surface area contributed by atoms with Crippen LogP contribution in [0.15, 0.2) is 0 Å². The number of likely N-dealkylation sites (N-methyl/N-ethyl adjacent to an activating group) is 1. The Morgan fingerprint density at radius 2 is 1.78 bits per heavy atom. The van der Waals surface area contributed by atoms with Crippen LogP contribution in [0.5, 0.6) is 0 Å². The summed E-state index contributed by atoms with van der Waals surface area (Å²) in [5, 5.41) is 0. The normalized spacial score (nSPS) is 20.4. The fourth-order valence-electron chi connectivity index (χ4n) is 2.80. The van der Waals surface area contributed by atoms with E-state index in [0.717, 1.165) is 43.5 Å². The average Bonchev–Trinajstić information content (AvgIpc) is 2.98. The van der Waals surface area contributed by atoms with Crippen molar-refractivity contribution in [2.24, 2.45) is 5.73 Å². The summed E-state index contributed by atoms with van der Waals surface area (Å²) in [4.78, 5) is 14.0. The van der Waals surface area contributed by atoms with E-state index in [1.54, 1.807) is 0 Å². The van der Waals surface area contributed by atoms with Gasteiger partial charge in [0.2, 0.25) is 0 Å². The van der Waals surface area contributed by atoms with E-state index in [9.17, 15) is 0 Å². The summed E-state index contributed by atoms with van der Waals surface area (Å²) in [6.45, 7) is 5.22. The lowest BCUT2D eigenvalue weighted by atomic mass is 10.2. The molecule has 0 aliphatic carbocycles. The largest absolute Gasteiger partial charge is 0.359 e. The van der Waals surface area contributed by atoms with Gasteiger partial charge in [-0.15, -0.1) is 0 Å². The molecule has 0 spiro atoms. The quantitative estimate of drug-likeness (QED) is 0.847. The highest BCUT2D eigenvalue weighted by Crippen LogP contribution is 2.34. The van der Waals surface area contributed by atoms with Gasteiger partial charge in [-0.05, 0) is 26.2 Å². The maximum atomic E-state index is 5.96. The van der Waals surface area contributed by atoms with Crippen LogP contribution >= 0.6 is 0 Å². The van der Waals surface area contributed by atoms with Gasteiger partial charge < -0.3 is 15.5 Å². The van der Waals surface area contributed by atoms with Gasteiger partial charge in [0, 0.05) is 32.2 Å². The second-order valence-corrected chi connectivity index (χ2v) is 5.36. The van der Waals surface area contributed by atoms with E-state index < -0.39 is 0 Å². The Bertz CT molecular complexity index is 451. The van der Waals surface area contributed by atoms with Gasteiger partial charge in [-0.2, -0.15) is 0 Å². The third-order valence-electron chi connectivity index (χ3n) is 3.85. The second kappa shape index (κ2) is 4.39. The monoisotopic (exact) mass is 247 g/mol. The average molecular weight is 247 g/mol. The van der Waals surface area contributed by atoms with Crippen LogP contribution in [0.25, 0.3) is 0 Å². The van der Waals surface area contributed by atoms with Crippen LogP contribution in [0, 0.1) is 0 Å². The predicted octanol–water partition coefficient (Wildman–Crippen LogP) is 1.09. The first-order chi connectivity index (χ1) is 8.66. The minimum Gasteiger partial charge on any atom is -0.359 e. The molecule has 5 heteroatoms. The van der Waals surface area contributed by atoms with E-state index in [4.69, 9.17) is 10.7 Å². The van der Waals surface area contributed by atoms with Crippen molar-refractivity contribution in [1.82, 2.24) is 9.97 Å². The highest BCUT2D eigenvalue weighted by atomic mass is 15.3. The zero-order valence-electron chi connectivity index (χ0n) is 11.2. The molecule has 1 atom stereocenters. The standard InChI is InChI=1S/C13H21N5/c1-9(14)11-15-12-10(5-8-17(12)2)13(16-11)18-6-3-4-7-18/h9H,3-8,14H2,1-2H3. The minimum atomic E-state index is -0.106. The van der Waals surface area contributed by atoms with Gasteiger partial charge in [0.05, 0.1) is 6.04 Å². The van der Waals surface area contributed by atoms with Crippen LogP contribution in [-0.4, -0.2) is 36.6 Å². The molecule has 18 heavy (non-hydrogen) atoms. The number of hydrogen-bond acceptors (Lipinski definition) is 5. The highest BCUT2D eigenvalue weighted by Gasteiger charge is 2.27. The summed E-state index contributed by atoms with van der Waals surface area (Å²) in [7, 11) is 2.09. The van der Waals surface area contributed by atoms with Crippen molar-refractivity contribution in [3.8, 4) is 0 Å². The van der Waals surface area contributed by atoms with Crippen molar-refractivity contribution >= 4 is 11.6 Å². The number of fused-ring (bicyclic) bond motifs is 1. The molecule has 2 aliphatic heterocycles. The first-order valence-corrected chi connectivity index (χ1v) is 6.79. The van der Waals surface area contributed by atoms with Crippen molar-refractivity contribution in [1.29, 1.82) is 0 Å². The van der Waals surface area contributed by atoms with Crippen LogP contribution in [0.2, 0.25) is 0 Å². The van der Waals surface area contributed by atoms with Gasteiger partial charge in [-0.3, -0.25) is 0 Å². The van der Waals surface area contributed by atoms with Gasteiger partial charge in [-0.1, -0.05) is 0 Å². The second-order valence-electron chi connectivity index (χ2n) is 5.36. The lowest BCUT2D eigenvalue weighted by Crippen LogP contribution is -2.23. The SMILES string of the molecule is CC(N)c1nc2c(c(N3CCCC3)n1)CCN2C. The van der Waals surface area contributed by atoms with Gasteiger partial charge in [0.1, 0.15) is 17.5 Å². The van der Waals surface area contributed by atoms with Gasteiger partial charge in [0.25, 0.3) is 0 Å². The molecule has 0 amide bonds. The fraction of sp³-hybridized carbons (Fsp3) is 0.692. The van der Waals surface area contributed by atoms with Crippen molar-refractivity contribution in [2.75, 3.05) is 36.5 Å². The van der Waals surface area contributed by atoms with Crippen LogP contribution in [0.3, 0.4) is 0 Å². The summed E-state index contributed by atoms with van der Waals surface area (Å²) in [6.07, 6.45) is 3.58. The molecule has 1 unspecified atom stereocenters. The molecule has 0 aromatic carbocycles. The van der Waals surface area contributed by atoms with Crippen LogP contribution in [0.1, 0.15) is 37.2 Å². The highest BCUT2D eigenvalue weighted by molar-refractivity contribution is 5.64. The number of aromatic nitrogens is 2. The maximum absolute atomic E-state index is 5.96. The number of anilines is 2. The molecule has 0 saturated carbocycles. The smallest absolute Gasteiger partial charge is 0.149 e. The molecule has 1 aromatic heterocycles. The lowest BCUT2D eigenvalue weighted by molar-refractivity contribution is 0.731. The zero-order valence-corrected chi connectivity index (χ0v) is 11.2. The maximum Gasteiger partial charge on any atom is 0.149 e. The Morgan fingerprint density at radius 1 is 1.11 bits per heavy atom. The topological polar surface area (TPSA) is 58.3 Å². The van der Waals surface area contributed by atoms with Gasteiger partial charge in [0.15, 0.2) is 0 Å². The van der Waals surface area contributed by atoms with Gasteiger partial charge in [-0.25, -0.2) is 9.97 Å². The molecule has 3 rings (SSSR count). The third kappa shape index (κ3) is 1.82. The molecule has 1 fully saturated rings. The number of hydrogen-bond donors (Lipinski definition) is 1. The molecule has 3 heterocycles. The summed E-state index contributed by atoms with van der Waals surface area (Å²) >= 11 is 0.